The highest BCUT2D eigenvalue weighted by Crippen LogP contribution is 2.48. The van der Waals surface area contributed by atoms with Crippen molar-refractivity contribution in [2.45, 2.75) is 117 Å². The van der Waals surface area contributed by atoms with E-state index < -0.39 is 41.1 Å². The topological polar surface area (TPSA) is 302 Å². The number of nitrogens with zero attached hydrogens (tertiary/aromatic N) is 12. The summed E-state index contributed by atoms with van der Waals surface area (Å²) in [4.78, 5) is 87.1. The number of anilines is 8. The Kier molecular flexibility index (Phi) is 33.3. The third-order valence-electron chi connectivity index (χ3n) is 18.4. The number of para-hydroxylation sites is 1. The molecule has 0 spiro atoms. The standard InChI is InChI=1S/C42H35Cl4N9O2.C37H54N10O2.O2S.8H2/c1-5-54(6-2)22-10-20-47-41-51-30(52-42(53-41)48-21-11-23-55(7-3)8-4)24-25-14-17-27(18-15-25)49-29-13-9-12-26-16-19-28(50-38(26)29)31-39(56)32-33(40(31)57)35(44)37(46)36(45)34(32)43;1-6-46(7-2)22-10-20-38-36-41-34(42-37(43-36)39-21-11-23-47(8-3)9-4)25-29-12-16-31(17-13-29)44-45-32(27(5)48)18-14-28-15-19-33-30(24-28)26-35(49)40-33;1-3-2;;;;;;;;/h1-4,9,12-15,17-18,28,31,49-50H,10-11,16,19-24H2,(H2,47,48,51,52,53);12-13,15-17,19,24,32H,6-11,14,18,20-23,25-26H2,1-5H3,(H,40,49)(H2,38,39,41,42,43);;8*1H. The van der Waals surface area contributed by atoms with Crippen LogP contribution in [-0.2, 0) is 53.3 Å². The molecule has 0 saturated heterocycles. The number of carbonyl (C=O) groups excluding carboxylic acids is 4. The molecule has 3 aliphatic rings. The van der Waals surface area contributed by atoms with Crippen molar-refractivity contribution in [3.05, 3.63) is 156 Å². The van der Waals surface area contributed by atoms with Gasteiger partial charge in [-0.25, -0.2) is 0 Å². The van der Waals surface area contributed by atoms with Gasteiger partial charge >= 0.3 is 11.6 Å². The highest BCUT2D eigenvalue weighted by atomic mass is 35.5. The average molecular weight is 1590 g/mol. The lowest BCUT2D eigenvalue weighted by atomic mass is 9.86. The summed E-state index contributed by atoms with van der Waals surface area (Å²) >= 11 is 24.6. The number of terminal acetylenes is 4. The van der Waals surface area contributed by atoms with Gasteiger partial charge in [-0.3, -0.25) is 29.0 Å². The molecule has 7 aromatic rings. The summed E-state index contributed by atoms with van der Waals surface area (Å²) < 4.78 is 16.6. The summed E-state index contributed by atoms with van der Waals surface area (Å²) in [6.45, 7) is 20.2. The van der Waals surface area contributed by atoms with Crippen molar-refractivity contribution >= 4 is 133 Å². The van der Waals surface area contributed by atoms with Gasteiger partial charge in [-0.1, -0.05) is 148 Å². The number of azo groups is 1. The van der Waals surface area contributed by atoms with Crippen molar-refractivity contribution in [2.75, 3.05) is 116 Å². The Morgan fingerprint density at radius 1 is 0.615 bits per heavy atom. The lowest BCUT2D eigenvalue weighted by molar-refractivity contribution is -0.118. The Labute approximate surface area is 673 Å². The van der Waals surface area contributed by atoms with Crippen LogP contribution in [0.2, 0.25) is 20.1 Å². The number of carbonyl (C=O) groups is 4. The summed E-state index contributed by atoms with van der Waals surface area (Å²) in [7, 11) is 0. The molecule has 7 N–H and O–H groups in total. The zero-order chi connectivity index (χ0) is 78.4. The van der Waals surface area contributed by atoms with Gasteiger partial charge in [-0.05, 0) is 162 Å². The Hall–Kier alpha value is -10.3. The van der Waals surface area contributed by atoms with Crippen LogP contribution in [0.3, 0.4) is 0 Å². The zero-order valence-electron chi connectivity index (χ0n) is 61.6. The van der Waals surface area contributed by atoms with E-state index in [0.29, 0.717) is 125 Å². The van der Waals surface area contributed by atoms with Crippen LogP contribution in [0.15, 0.2) is 95.2 Å². The van der Waals surface area contributed by atoms with Crippen LogP contribution >= 0.6 is 46.4 Å². The Balaban J connectivity index is 0.00000211. The van der Waals surface area contributed by atoms with E-state index in [1.54, 1.807) is 6.92 Å². The molecule has 10 rings (SSSR count). The minimum atomic E-state index is -1.04. The SMILES string of the molecule is C#CN(C#C)CCCNc1nc(Cc2ccc(Nc3cccc4c3NC(C3C(=O)c5c(Cl)c(Cl)c(Cl)c(Cl)c5C3=O)CC4)cc2)nc(NCCCN(C#C)C#C)n1.CCN(CC)CCCNc1nc(Cc2ccc(N=NC(CCc3ccc4c(c3)CC(=O)N4)C(C)=O)cc2)nc(NCCCN(CC)CC)n1.O=S=O.[HH].[HH].[HH].[HH].[HH].[HH].[HH].[HH]. The molecule has 4 heterocycles. The molecule has 5 aromatic carbocycles. The van der Waals surface area contributed by atoms with Crippen molar-refractivity contribution < 1.29 is 39.0 Å². The smallest absolute Gasteiger partial charge is 0.335 e. The molecular formula is C79H105Cl4N19O6S. The lowest BCUT2D eigenvalue weighted by Gasteiger charge is -2.31. The van der Waals surface area contributed by atoms with E-state index in [1.807, 2.05) is 84.9 Å². The van der Waals surface area contributed by atoms with E-state index in [0.717, 1.165) is 116 Å². The van der Waals surface area contributed by atoms with Crippen molar-refractivity contribution in [1.29, 1.82) is 0 Å². The molecule has 2 unspecified atom stereocenters. The van der Waals surface area contributed by atoms with Crippen molar-refractivity contribution in [3.63, 3.8) is 0 Å². The van der Waals surface area contributed by atoms with Crippen LogP contribution < -0.4 is 37.2 Å². The molecule has 0 fully saturated rings. The molecule has 1 aliphatic carbocycles. The molecule has 0 radical (unpaired) electrons. The summed E-state index contributed by atoms with van der Waals surface area (Å²) in [5, 5.41) is 31.7. The maximum absolute atomic E-state index is 13.7. The van der Waals surface area contributed by atoms with Gasteiger partial charge < -0.3 is 47.0 Å². The third-order valence-corrected chi connectivity index (χ3v) is 20.2. The number of benzene rings is 5. The quantitative estimate of drug-likeness (QED) is 0.00362. The maximum atomic E-state index is 13.7. The minimum Gasteiger partial charge on any atom is -0.379 e. The first kappa shape index (κ1) is 84.4. The van der Waals surface area contributed by atoms with Gasteiger partial charge in [-0.2, -0.15) is 48.6 Å². The van der Waals surface area contributed by atoms with E-state index in [9.17, 15) is 19.2 Å². The van der Waals surface area contributed by atoms with E-state index in [-0.39, 0.29) is 54.3 Å². The predicted octanol–water partition coefficient (Wildman–Crippen LogP) is 15.0. The number of nitrogens with one attached hydrogen (secondary N) is 7. The maximum Gasteiger partial charge on any atom is 0.335 e. The first-order chi connectivity index (χ1) is 52.8. The number of hydrogen-bond donors (Lipinski definition) is 7. The number of amides is 1. The highest BCUT2D eigenvalue weighted by molar-refractivity contribution is 7.51. The average Bonchev–Trinajstić information content (AvgIpc) is 1.58. The van der Waals surface area contributed by atoms with Crippen LogP contribution in [0.4, 0.5) is 52.2 Å². The molecule has 30 heteroatoms. The molecule has 2 aliphatic heterocycles. The zero-order valence-corrected chi connectivity index (χ0v) is 65.5. The minimum absolute atomic E-state index is 0. The van der Waals surface area contributed by atoms with Crippen LogP contribution in [0, 0.1) is 55.8 Å². The van der Waals surface area contributed by atoms with E-state index in [1.165, 1.54) is 9.80 Å². The van der Waals surface area contributed by atoms with Gasteiger partial charge in [0.1, 0.15) is 23.6 Å². The Morgan fingerprint density at radius 2 is 1.07 bits per heavy atom. The summed E-state index contributed by atoms with van der Waals surface area (Å²) in [6, 6.07) is 36.3. The second kappa shape index (κ2) is 43.1. The molecule has 586 valence electrons. The van der Waals surface area contributed by atoms with Crippen molar-refractivity contribution in [1.82, 2.24) is 49.5 Å². The number of Topliss-reactive ketones (excluding diaryl/α,β-unsaturated/α-hetero) is 3. The molecule has 109 heavy (non-hydrogen) atoms. The van der Waals surface area contributed by atoms with E-state index in [2.05, 4.69) is 129 Å². The van der Waals surface area contributed by atoms with Crippen LogP contribution in [0.5, 0.6) is 0 Å². The van der Waals surface area contributed by atoms with Gasteiger partial charge in [0, 0.05) is 105 Å². The summed E-state index contributed by atoms with van der Waals surface area (Å²) in [6.07, 6.45) is 28.8. The number of hydrogen-bond acceptors (Lipinski definition) is 24. The molecule has 25 nitrogen and oxygen atoms in total. The first-order valence-corrected chi connectivity index (χ1v) is 38.3. The highest BCUT2D eigenvalue weighted by Gasteiger charge is 2.48. The second-order valence-corrected chi connectivity index (χ2v) is 27.3. The lowest BCUT2D eigenvalue weighted by Crippen LogP contribution is -2.39. The van der Waals surface area contributed by atoms with Crippen LogP contribution in [0.1, 0.15) is 145 Å². The normalized spacial score (nSPS) is 13.5. The van der Waals surface area contributed by atoms with Crippen molar-refractivity contribution in [2.24, 2.45) is 16.1 Å². The van der Waals surface area contributed by atoms with E-state index >= 15 is 0 Å². The molecule has 2 aromatic heterocycles. The monoisotopic (exact) mass is 1590 g/mol. The largest absolute Gasteiger partial charge is 0.379 e. The fraction of sp³-hybridized carbons (Fsp3) is 0.392. The van der Waals surface area contributed by atoms with Crippen LogP contribution in [-0.4, -0.2) is 172 Å². The van der Waals surface area contributed by atoms with Gasteiger partial charge in [0.15, 0.2) is 17.3 Å². The predicted molar refractivity (Wildman–Crippen MR) is 451 cm³/mol. The number of halogens is 4. The van der Waals surface area contributed by atoms with Gasteiger partial charge in [0.25, 0.3) is 0 Å². The molecular weight excluding hydrogens is 1480 g/mol. The van der Waals surface area contributed by atoms with Gasteiger partial charge in [0.2, 0.25) is 29.7 Å². The van der Waals surface area contributed by atoms with Gasteiger partial charge in [-0.15, -0.1) is 0 Å². The first-order valence-electron chi connectivity index (χ1n) is 36.1. The third kappa shape index (κ3) is 24.4. The Morgan fingerprint density at radius 3 is 1.53 bits per heavy atom. The Bertz CT molecular complexity index is 4440. The van der Waals surface area contributed by atoms with Crippen molar-refractivity contribution in [3.8, 4) is 49.9 Å². The number of ketones is 3. The molecule has 1 amide bonds. The fourth-order valence-electron chi connectivity index (χ4n) is 12.5. The van der Waals surface area contributed by atoms with Crippen LogP contribution in [0.25, 0.3) is 0 Å². The number of aryl methyl sites for hydroxylation is 2. The van der Waals surface area contributed by atoms with E-state index in [4.69, 9.17) is 90.5 Å². The number of aromatic nitrogens is 6. The summed E-state index contributed by atoms with van der Waals surface area (Å²) in [5.41, 5.74) is 9.11. The summed E-state index contributed by atoms with van der Waals surface area (Å²) in [5.74, 6) is 1.31. The second-order valence-electron chi connectivity index (χ2n) is 25.6. The molecule has 2 atom stereocenters. The molecule has 0 bridgehead atoms. The number of rotatable bonds is 37. The number of fused-ring (bicyclic) bond motifs is 3. The molecule has 0 saturated carbocycles. The fourth-order valence-corrected chi connectivity index (χ4v) is 13.6. The van der Waals surface area contributed by atoms with Gasteiger partial charge in [0.05, 0.1) is 54.7 Å².